The van der Waals surface area contributed by atoms with Gasteiger partial charge in [0.25, 0.3) is 0 Å². The maximum Gasteiger partial charge on any atom is 0.189 e. The average molecular weight is 332 g/mol. The number of piperidine rings is 1. The SMILES string of the molecule is CC1(C#CCCN2CCCCC2)C(=O)c2ccccc2C1=O.Cl. The van der Waals surface area contributed by atoms with Gasteiger partial charge >= 0.3 is 0 Å². The number of nitrogens with zero attached hydrogens (tertiary/aromatic N) is 1. The van der Waals surface area contributed by atoms with Crippen molar-refractivity contribution in [1.82, 2.24) is 4.90 Å². The number of Topliss-reactive ketones (excluding diaryl/α,β-unsaturated/α-hetero) is 2. The Kier molecular flexibility index (Phi) is 5.62. The monoisotopic (exact) mass is 331 g/mol. The number of rotatable bonds is 2. The highest BCUT2D eigenvalue weighted by molar-refractivity contribution is 6.31. The molecule has 0 atom stereocenters. The second kappa shape index (κ2) is 7.29. The highest BCUT2D eigenvalue weighted by Gasteiger charge is 2.48. The third-order valence-electron chi connectivity index (χ3n) is 4.66. The van der Waals surface area contributed by atoms with Gasteiger partial charge in [0.05, 0.1) is 0 Å². The van der Waals surface area contributed by atoms with Crippen molar-refractivity contribution in [3.05, 3.63) is 35.4 Å². The number of likely N-dealkylation sites (tertiary alicyclic amines) is 1. The van der Waals surface area contributed by atoms with Crippen LogP contribution in [0.1, 0.15) is 53.3 Å². The van der Waals surface area contributed by atoms with Gasteiger partial charge in [-0.15, -0.1) is 18.3 Å². The van der Waals surface area contributed by atoms with E-state index in [1.54, 1.807) is 31.2 Å². The van der Waals surface area contributed by atoms with Crippen LogP contribution in [0, 0.1) is 17.3 Å². The van der Waals surface area contributed by atoms with Gasteiger partial charge in [0.2, 0.25) is 0 Å². The zero-order chi connectivity index (χ0) is 15.6. The van der Waals surface area contributed by atoms with E-state index in [0.717, 1.165) is 19.6 Å². The number of hydrogen-bond acceptors (Lipinski definition) is 3. The summed E-state index contributed by atoms with van der Waals surface area (Å²) in [5, 5.41) is 0. The number of fused-ring (bicyclic) bond motifs is 1. The first kappa shape index (κ1) is 17.7. The zero-order valence-corrected chi connectivity index (χ0v) is 14.2. The van der Waals surface area contributed by atoms with Crippen LogP contribution in [0.3, 0.4) is 0 Å². The maximum atomic E-state index is 12.5. The van der Waals surface area contributed by atoms with Crippen molar-refractivity contribution >= 4 is 24.0 Å². The predicted molar refractivity (Wildman–Crippen MR) is 93.1 cm³/mol. The van der Waals surface area contributed by atoms with E-state index >= 15 is 0 Å². The molecule has 0 bridgehead atoms. The molecule has 0 saturated carbocycles. The Morgan fingerprint density at radius 1 is 1.04 bits per heavy atom. The first-order valence-electron chi connectivity index (χ1n) is 8.04. The van der Waals surface area contributed by atoms with Crippen LogP contribution in [0.4, 0.5) is 0 Å². The quantitative estimate of drug-likeness (QED) is 0.616. The van der Waals surface area contributed by atoms with Gasteiger partial charge in [0.15, 0.2) is 17.0 Å². The second-order valence-electron chi connectivity index (χ2n) is 6.28. The van der Waals surface area contributed by atoms with Crippen LogP contribution in [0.2, 0.25) is 0 Å². The van der Waals surface area contributed by atoms with Gasteiger partial charge in [0.1, 0.15) is 0 Å². The minimum atomic E-state index is -1.19. The van der Waals surface area contributed by atoms with Crippen molar-refractivity contribution in [1.29, 1.82) is 0 Å². The molecule has 122 valence electrons. The molecular formula is C19H22ClNO2. The van der Waals surface area contributed by atoms with E-state index in [1.807, 2.05) is 0 Å². The molecule has 1 aromatic rings. The lowest BCUT2D eigenvalue weighted by Gasteiger charge is -2.25. The van der Waals surface area contributed by atoms with Gasteiger partial charge in [-0.1, -0.05) is 36.6 Å². The lowest BCUT2D eigenvalue weighted by Crippen LogP contribution is -2.30. The van der Waals surface area contributed by atoms with E-state index in [1.165, 1.54) is 19.3 Å². The Balaban J connectivity index is 0.00000192. The fourth-order valence-electron chi connectivity index (χ4n) is 3.27. The van der Waals surface area contributed by atoms with Crippen LogP contribution in [0.15, 0.2) is 24.3 Å². The number of ketones is 2. The highest BCUT2D eigenvalue weighted by atomic mass is 35.5. The fourth-order valence-corrected chi connectivity index (χ4v) is 3.27. The average Bonchev–Trinajstić information content (AvgIpc) is 2.75. The molecule has 1 aliphatic carbocycles. The number of halogens is 1. The minimum absolute atomic E-state index is 0. The lowest BCUT2D eigenvalue weighted by molar-refractivity contribution is 0.0790. The summed E-state index contributed by atoms with van der Waals surface area (Å²) in [6.07, 6.45) is 4.56. The molecule has 0 N–H and O–H groups in total. The van der Waals surface area contributed by atoms with Crippen LogP contribution in [0.5, 0.6) is 0 Å². The first-order chi connectivity index (χ1) is 10.6. The van der Waals surface area contributed by atoms with Crippen LogP contribution < -0.4 is 0 Å². The zero-order valence-electron chi connectivity index (χ0n) is 13.4. The molecule has 2 aliphatic rings. The predicted octanol–water partition coefficient (Wildman–Crippen LogP) is 3.37. The van der Waals surface area contributed by atoms with Crippen LogP contribution in [-0.2, 0) is 0 Å². The lowest BCUT2D eigenvalue weighted by atomic mass is 9.85. The summed E-state index contributed by atoms with van der Waals surface area (Å²) in [5.74, 6) is 5.74. The van der Waals surface area contributed by atoms with Gasteiger partial charge in [-0.2, -0.15) is 0 Å². The van der Waals surface area contributed by atoms with E-state index in [0.29, 0.717) is 17.5 Å². The van der Waals surface area contributed by atoms with Gasteiger partial charge < -0.3 is 4.90 Å². The molecule has 0 amide bonds. The van der Waals surface area contributed by atoms with Crippen molar-refractivity contribution < 1.29 is 9.59 Å². The fraction of sp³-hybridized carbons (Fsp3) is 0.474. The molecule has 3 rings (SSSR count). The molecule has 0 aromatic heterocycles. The molecule has 4 heteroatoms. The number of benzene rings is 1. The standard InChI is InChI=1S/C19H21NO2.ClH/c1-19(11-5-8-14-20-12-6-2-7-13-20)17(21)15-9-3-4-10-16(15)18(19)22;/h3-4,9-10H,2,6-8,12-14H2,1H3;1H. The summed E-state index contributed by atoms with van der Waals surface area (Å²) in [4.78, 5) is 27.4. The van der Waals surface area contributed by atoms with Crippen LogP contribution >= 0.6 is 12.4 Å². The largest absolute Gasteiger partial charge is 0.302 e. The molecule has 1 aromatic carbocycles. The van der Waals surface area contributed by atoms with E-state index in [-0.39, 0.29) is 24.0 Å². The summed E-state index contributed by atoms with van der Waals surface area (Å²) < 4.78 is 0. The van der Waals surface area contributed by atoms with Crippen molar-refractivity contribution in [2.24, 2.45) is 5.41 Å². The van der Waals surface area contributed by atoms with E-state index in [4.69, 9.17) is 0 Å². The molecule has 0 spiro atoms. The summed E-state index contributed by atoms with van der Waals surface area (Å²) in [6, 6.07) is 7.02. The molecule has 23 heavy (non-hydrogen) atoms. The summed E-state index contributed by atoms with van der Waals surface area (Å²) in [6.45, 7) is 4.87. The number of hydrogen-bond donors (Lipinski definition) is 0. The van der Waals surface area contributed by atoms with E-state index < -0.39 is 5.41 Å². The Labute approximate surface area is 143 Å². The van der Waals surface area contributed by atoms with Crippen LogP contribution in [-0.4, -0.2) is 36.1 Å². The molecular weight excluding hydrogens is 310 g/mol. The molecule has 0 unspecified atom stereocenters. The normalized spacial score (nSPS) is 19.5. The Hall–Kier alpha value is -1.63. The van der Waals surface area contributed by atoms with E-state index in [2.05, 4.69) is 16.7 Å². The molecule has 0 radical (unpaired) electrons. The summed E-state index contributed by atoms with van der Waals surface area (Å²) in [7, 11) is 0. The van der Waals surface area contributed by atoms with Crippen molar-refractivity contribution in [2.75, 3.05) is 19.6 Å². The maximum absolute atomic E-state index is 12.5. The third-order valence-corrected chi connectivity index (χ3v) is 4.66. The Morgan fingerprint density at radius 2 is 1.61 bits per heavy atom. The van der Waals surface area contributed by atoms with Crippen molar-refractivity contribution in [2.45, 2.75) is 32.6 Å². The molecule has 3 nitrogen and oxygen atoms in total. The number of carbonyl (C=O) groups excluding carboxylic acids is 2. The van der Waals surface area contributed by atoms with Gasteiger partial charge in [-0.25, -0.2) is 0 Å². The van der Waals surface area contributed by atoms with Gasteiger partial charge in [-0.3, -0.25) is 9.59 Å². The van der Waals surface area contributed by atoms with Crippen molar-refractivity contribution in [3.63, 3.8) is 0 Å². The van der Waals surface area contributed by atoms with E-state index in [9.17, 15) is 9.59 Å². The summed E-state index contributed by atoms with van der Waals surface area (Å²) in [5.41, 5.74) is -0.161. The second-order valence-corrected chi connectivity index (χ2v) is 6.28. The van der Waals surface area contributed by atoms with Crippen LogP contribution in [0.25, 0.3) is 0 Å². The Morgan fingerprint density at radius 3 is 2.17 bits per heavy atom. The van der Waals surface area contributed by atoms with Gasteiger partial charge in [-0.05, 0) is 32.9 Å². The summed E-state index contributed by atoms with van der Waals surface area (Å²) >= 11 is 0. The molecule has 1 heterocycles. The Bertz CT molecular complexity index is 630. The molecule has 1 fully saturated rings. The topological polar surface area (TPSA) is 37.4 Å². The van der Waals surface area contributed by atoms with Crippen molar-refractivity contribution in [3.8, 4) is 11.8 Å². The molecule has 1 saturated heterocycles. The smallest absolute Gasteiger partial charge is 0.189 e. The molecule has 1 aliphatic heterocycles. The minimum Gasteiger partial charge on any atom is -0.302 e. The third kappa shape index (κ3) is 3.34. The first-order valence-corrected chi connectivity index (χ1v) is 8.04. The van der Waals surface area contributed by atoms with Gasteiger partial charge in [0, 0.05) is 24.1 Å². The number of carbonyl (C=O) groups is 2. The highest BCUT2D eigenvalue weighted by Crippen LogP contribution is 2.35.